The van der Waals surface area contributed by atoms with E-state index >= 15 is 0 Å². The van der Waals surface area contributed by atoms with Crippen LogP contribution in [0.1, 0.15) is 59.3 Å². The normalized spacial score (nSPS) is 18.5. The molecule has 0 aromatic heterocycles. The molecule has 0 unspecified atom stereocenters. The Labute approximate surface area is 128 Å². The van der Waals surface area contributed by atoms with Crippen LogP contribution < -0.4 is 11.1 Å². The lowest BCUT2D eigenvalue weighted by molar-refractivity contribution is -0.124. The molecule has 4 heteroatoms. The van der Waals surface area contributed by atoms with Gasteiger partial charge in [-0.25, -0.2) is 0 Å². The van der Waals surface area contributed by atoms with Gasteiger partial charge in [-0.3, -0.25) is 9.59 Å². The SMILES string of the molecule is CNC(=O)/C(=C(\C)C(C)C)[C@H](CCC1CCCC1)C(N)=O. The Morgan fingerprint density at radius 2 is 1.81 bits per heavy atom. The average molecular weight is 294 g/mol. The van der Waals surface area contributed by atoms with E-state index in [0.29, 0.717) is 17.9 Å². The maximum atomic E-state index is 12.2. The molecule has 1 aliphatic rings. The lowest BCUT2D eigenvalue weighted by Crippen LogP contribution is -2.34. The fourth-order valence-corrected chi connectivity index (χ4v) is 3.19. The molecule has 120 valence electrons. The van der Waals surface area contributed by atoms with Crippen LogP contribution in [0.4, 0.5) is 0 Å². The number of nitrogens with two attached hydrogens (primary N) is 1. The molecule has 1 rings (SSSR count). The van der Waals surface area contributed by atoms with Gasteiger partial charge in [-0.1, -0.05) is 45.1 Å². The van der Waals surface area contributed by atoms with E-state index in [1.54, 1.807) is 7.05 Å². The quantitative estimate of drug-likeness (QED) is 0.709. The Morgan fingerprint density at radius 3 is 2.24 bits per heavy atom. The Hall–Kier alpha value is -1.32. The van der Waals surface area contributed by atoms with Crippen LogP contribution in [0.5, 0.6) is 0 Å². The van der Waals surface area contributed by atoms with Gasteiger partial charge in [-0.05, 0) is 31.6 Å². The number of nitrogens with one attached hydrogen (secondary N) is 1. The highest BCUT2D eigenvalue weighted by molar-refractivity contribution is 6.00. The monoisotopic (exact) mass is 294 g/mol. The maximum Gasteiger partial charge on any atom is 0.247 e. The molecule has 0 heterocycles. The maximum absolute atomic E-state index is 12.2. The van der Waals surface area contributed by atoms with Crippen molar-refractivity contribution >= 4 is 11.8 Å². The molecule has 0 spiro atoms. The van der Waals surface area contributed by atoms with Crippen molar-refractivity contribution in [3.05, 3.63) is 11.1 Å². The number of hydrogen-bond donors (Lipinski definition) is 2. The summed E-state index contributed by atoms with van der Waals surface area (Å²) in [5.74, 6) is -0.0984. The Bertz CT molecular complexity index is 407. The van der Waals surface area contributed by atoms with Crippen LogP contribution in [0.3, 0.4) is 0 Å². The summed E-state index contributed by atoms with van der Waals surface area (Å²) in [6, 6.07) is 0. The van der Waals surface area contributed by atoms with E-state index < -0.39 is 5.92 Å². The fraction of sp³-hybridized carbons (Fsp3) is 0.765. The van der Waals surface area contributed by atoms with Crippen LogP contribution >= 0.6 is 0 Å². The molecule has 1 saturated carbocycles. The van der Waals surface area contributed by atoms with E-state index in [1.807, 2.05) is 20.8 Å². The van der Waals surface area contributed by atoms with E-state index in [-0.39, 0.29) is 17.7 Å². The molecule has 3 N–H and O–H groups in total. The minimum absolute atomic E-state index is 0.170. The predicted octanol–water partition coefficient (Wildman–Crippen LogP) is 2.78. The van der Waals surface area contributed by atoms with Gasteiger partial charge in [-0.2, -0.15) is 0 Å². The van der Waals surface area contributed by atoms with Gasteiger partial charge in [0.25, 0.3) is 0 Å². The van der Waals surface area contributed by atoms with Gasteiger partial charge >= 0.3 is 0 Å². The highest BCUT2D eigenvalue weighted by Gasteiger charge is 2.29. The van der Waals surface area contributed by atoms with E-state index in [4.69, 9.17) is 5.73 Å². The molecule has 1 atom stereocenters. The van der Waals surface area contributed by atoms with Crippen LogP contribution in [0.15, 0.2) is 11.1 Å². The summed E-state index contributed by atoms with van der Waals surface area (Å²) in [6.07, 6.45) is 6.73. The topological polar surface area (TPSA) is 72.2 Å². The van der Waals surface area contributed by atoms with Crippen LogP contribution in [0.2, 0.25) is 0 Å². The average Bonchev–Trinajstić information content (AvgIpc) is 2.94. The molecular formula is C17H30N2O2. The molecule has 0 radical (unpaired) electrons. The van der Waals surface area contributed by atoms with Gasteiger partial charge in [0.2, 0.25) is 11.8 Å². The summed E-state index contributed by atoms with van der Waals surface area (Å²) >= 11 is 0. The lowest BCUT2D eigenvalue weighted by atomic mass is 9.84. The van der Waals surface area contributed by atoms with Gasteiger partial charge in [0.15, 0.2) is 0 Å². The largest absolute Gasteiger partial charge is 0.369 e. The number of primary amides is 1. The van der Waals surface area contributed by atoms with Gasteiger partial charge in [0.1, 0.15) is 0 Å². The third-order valence-corrected chi connectivity index (χ3v) is 4.79. The minimum Gasteiger partial charge on any atom is -0.369 e. The molecule has 21 heavy (non-hydrogen) atoms. The van der Waals surface area contributed by atoms with Gasteiger partial charge < -0.3 is 11.1 Å². The summed E-state index contributed by atoms with van der Waals surface area (Å²) in [7, 11) is 1.60. The zero-order chi connectivity index (χ0) is 16.0. The standard InChI is InChI=1S/C17H30N2O2/c1-11(2)12(3)15(17(21)19-4)14(16(18)20)10-9-13-7-5-6-8-13/h11,13-14H,5-10H2,1-4H3,(H2,18,20)(H,19,21)/b15-12+/t14-/m0/s1. The molecule has 1 fully saturated rings. The van der Waals surface area contributed by atoms with Crippen molar-refractivity contribution in [1.82, 2.24) is 5.32 Å². The van der Waals surface area contributed by atoms with Gasteiger partial charge in [0.05, 0.1) is 5.92 Å². The molecular weight excluding hydrogens is 264 g/mol. The van der Waals surface area contributed by atoms with Crippen molar-refractivity contribution in [2.24, 2.45) is 23.5 Å². The highest BCUT2D eigenvalue weighted by atomic mass is 16.2. The van der Waals surface area contributed by atoms with E-state index in [0.717, 1.165) is 12.0 Å². The second-order valence-corrected chi connectivity index (χ2v) is 6.51. The van der Waals surface area contributed by atoms with Gasteiger partial charge in [0, 0.05) is 12.6 Å². The van der Waals surface area contributed by atoms with Crippen LogP contribution in [-0.2, 0) is 9.59 Å². The Morgan fingerprint density at radius 1 is 1.24 bits per heavy atom. The van der Waals surface area contributed by atoms with Crippen molar-refractivity contribution in [3.63, 3.8) is 0 Å². The van der Waals surface area contributed by atoms with Crippen molar-refractivity contribution in [3.8, 4) is 0 Å². The third kappa shape index (κ3) is 4.87. The van der Waals surface area contributed by atoms with Crippen LogP contribution in [0, 0.1) is 17.8 Å². The molecule has 0 aliphatic heterocycles. The molecule has 0 saturated heterocycles. The minimum atomic E-state index is -0.465. The number of hydrogen-bond acceptors (Lipinski definition) is 2. The third-order valence-electron chi connectivity index (χ3n) is 4.79. The lowest BCUT2D eigenvalue weighted by Gasteiger charge is -2.22. The van der Waals surface area contributed by atoms with Crippen molar-refractivity contribution in [2.75, 3.05) is 7.05 Å². The number of rotatable bonds is 7. The zero-order valence-corrected chi connectivity index (χ0v) is 13.9. The molecule has 0 aromatic rings. The summed E-state index contributed by atoms with van der Waals surface area (Å²) in [5.41, 5.74) is 7.14. The van der Waals surface area contributed by atoms with E-state index in [1.165, 1.54) is 25.7 Å². The van der Waals surface area contributed by atoms with E-state index in [2.05, 4.69) is 5.32 Å². The second-order valence-electron chi connectivity index (χ2n) is 6.51. The van der Waals surface area contributed by atoms with Gasteiger partial charge in [-0.15, -0.1) is 0 Å². The Balaban J connectivity index is 2.94. The molecule has 2 amide bonds. The molecule has 0 bridgehead atoms. The molecule has 0 aromatic carbocycles. The van der Waals surface area contributed by atoms with Crippen LogP contribution in [0.25, 0.3) is 0 Å². The predicted molar refractivity (Wildman–Crippen MR) is 85.5 cm³/mol. The van der Waals surface area contributed by atoms with Crippen molar-refractivity contribution < 1.29 is 9.59 Å². The molecule has 1 aliphatic carbocycles. The fourth-order valence-electron chi connectivity index (χ4n) is 3.19. The van der Waals surface area contributed by atoms with Crippen LogP contribution in [-0.4, -0.2) is 18.9 Å². The second kappa shape index (κ2) is 8.20. The summed E-state index contributed by atoms with van der Waals surface area (Å²) in [6.45, 7) is 6.00. The number of likely N-dealkylation sites (N-methyl/N-ethyl adjacent to an activating group) is 1. The summed E-state index contributed by atoms with van der Waals surface area (Å²) < 4.78 is 0. The smallest absolute Gasteiger partial charge is 0.247 e. The highest BCUT2D eigenvalue weighted by Crippen LogP contribution is 2.32. The number of amides is 2. The first-order valence-electron chi connectivity index (χ1n) is 8.10. The summed E-state index contributed by atoms with van der Waals surface area (Å²) in [5, 5.41) is 2.66. The number of carbonyl (C=O) groups is 2. The van der Waals surface area contributed by atoms with Crippen molar-refractivity contribution in [2.45, 2.75) is 59.3 Å². The Kier molecular flexibility index (Phi) is 6.93. The number of carbonyl (C=O) groups excluding carboxylic acids is 2. The first-order chi connectivity index (χ1) is 9.88. The van der Waals surface area contributed by atoms with Crippen molar-refractivity contribution in [1.29, 1.82) is 0 Å². The molecule has 4 nitrogen and oxygen atoms in total. The first-order valence-corrected chi connectivity index (χ1v) is 8.10. The number of allylic oxidation sites excluding steroid dienone is 1. The first kappa shape index (κ1) is 17.7. The van der Waals surface area contributed by atoms with E-state index in [9.17, 15) is 9.59 Å². The zero-order valence-electron chi connectivity index (χ0n) is 13.9. The summed E-state index contributed by atoms with van der Waals surface area (Å²) in [4.78, 5) is 24.1.